The van der Waals surface area contributed by atoms with Gasteiger partial charge in [0.1, 0.15) is 0 Å². The second-order valence-corrected chi connectivity index (χ2v) is 8.68. The van der Waals surface area contributed by atoms with E-state index in [1.54, 1.807) is 11.1 Å². The minimum absolute atomic E-state index is 0.546. The number of rotatable bonds is 6. The molecule has 1 aliphatic heterocycles. The van der Waals surface area contributed by atoms with Crippen LogP contribution in [0.3, 0.4) is 0 Å². The first-order chi connectivity index (χ1) is 18.5. The van der Waals surface area contributed by atoms with Crippen molar-refractivity contribution in [3.05, 3.63) is 70.8 Å². The number of allylic oxidation sites excluding steroid dienone is 5. The van der Waals surface area contributed by atoms with E-state index in [0.717, 1.165) is 5.92 Å². The number of hydrogen-bond donors (Lipinski definition) is 0. The van der Waals surface area contributed by atoms with Gasteiger partial charge in [-0.05, 0) is 54.9 Å². The van der Waals surface area contributed by atoms with Gasteiger partial charge in [0.05, 0.1) is 0 Å². The first-order valence-corrected chi connectivity index (χ1v) is 15.6. The Kier molecular flexibility index (Phi) is 35.3. The average molecular weight is 526 g/mol. The smallest absolute Gasteiger partial charge is 0.0236 e. The first-order valence-electron chi connectivity index (χ1n) is 15.6. The van der Waals surface area contributed by atoms with E-state index >= 15 is 0 Å². The number of fused-ring (bicyclic) bond motifs is 1. The number of terminal acetylenes is 1. The van der Waals surface area contributed by atoms with Crippen LogP contribution in [0.4, 0.5) is 0 Å². The lowest BCUT2D eigenvalue weighted by atomic mass is 9.86. The maximum absolute atomic E-state index is 4.02. The Morgan fingerprint density at radius 2 is 1.42 bits per heavy atom. The van der Waals surface area contributed by atoms with Crippen LogP contribution in [0.15, 0.2) is 59.7 Å². The van der Waals surface area contributed by atoms with Crippen LogP contribution in [0, 0.1) is 24.7 Å². The van der Waals surface area contributed by atoms with E-state index in [-0.39, 0.29) is 0 Å². The number of hydrogen-bond acceptors (Lipinski definition) is 1. The van der Waals surface area contributed by atoms with Crippen LogP contribution < -0.4 is 0 Å². The normalized spacial score (nSPS) is 15.8. The molecule has 0 spiro atoms. The highest BCUT2D eigenvalue weighted by Gasteiger charge is 2.18. The van der Waals surface area contributed by atoms with Gasteiger partial charge >= 0.3 is 0 Å². The number of unbranched alkanes of at least 4 members (excludes halogenated alkanes) is 1. The van der Waals surface area contributed by atoms with Crippen molar-refractivity contribution in [2.24, 2.45) is 11.8 Å². The minimum atomic E-state index is 0.546. The summed E-state index contributed by atoms with van der Waals surface area (Å²) in [5.74, 6) is 1.44. The van der Waals surface area contributed by atoms with Crippen molar-refractivity contribution >= 4 is 0 Å². The van der Waals surface area contributed by atoms with Gasteiger partial charge in [-0.3, -0.25) is 4.90 Å². The van der Waals surface area contributed by atoms with Gasteiger partial charge in [0, 0.05) is 25.6 Å². The van der Waals surface area contributed by atoms with Gasteiger partial charge < -0.3 is 0 Å². The van der Waals surface area contributed by atoms with E-state index in [4.69, 9.17) is 0 Å². The second kappa shape index (κ2) is 31.2. The number of nitrogens with zero attached hydrogens (tertiary/aromatic N) is 1. The molecule has 0 radical (unpaired) electrons. The van der Waals surface area contributed by atoms with Gasteiger partial charge in [0.15, 0.2) is 0 Å². The molecule has 0 amide bonds. The topological polar surface area (TPSA) is 3.24 Å². The summed E-state index contributed by atoms with van der Waals surface area (Å²) in [5.41, 5.74) is 7.11. The molecule has 1 aromatic carbocycles. The van der Waals surface area contributed by atoms with Crippen LogP contribution in [-0.2, 0) is 13.0 Å². The molecule has 2 aliphatic rings. The lowest BCUT2D eigenvalue weighted by molar-refractivity contribution is 0.203. The molecule has 2 atom stereocenters. The van der Waals surface area contributed by atoms with Crippen molar-refractivity contribution in [2.45, 2.75) is 129 Å². The zero-order valence-electron chi connectivity index (χ0n) is 28.1. The Hall–Kier alpha value is -2.04. The van der Waals surface area contributed by atoms with Gasteiger partial charge in [-0.2, -0.15) is 0 Å². The highest BCUT2D eigenvalue weighted by Crippen LogP contribution is 2.28. The summed E-state index contributed by atoms with van der Waals surface area (Å²) in [6.07, 6.45) is 19.0. The average Bonchev–Trinajstić information content (AvgIpc) is 3.01. The fourth-order valence-corrected chi connectivity index (χ4v) is 4.12. The fourth-order valence-electron chi connectivity index (χ4n) is 4.12. The van der Waals surface area contributed by atoms with E-state index < -0.39 is 0 Å². The maximum atomic E-state index is 4.02. The molecule has 0 bridgehead atoms. The molecule has 0 N–H and O–H groups in total. The summed E-state index contributed by atoms with van der Waals surface area (Å²) in [6.45, 7) is 34.8. The Labute approximate surface area is 241 Å². The molecule has 0 saturated carbocycles. The minimum Gasteiger partial charge on any atom is -0.298 e. The van der Waals surface area contributed by atoms with Crippen molar-refractivity contribution in [2.75, 3.05) is 13.1 Å². The third kappa shape index (κ3) is 18.3. The summed E-state index contributed by atoms with van der Waals surface area (Å²) in [4.78, 5) is 2.66. The standard InChI is InChI=1S/C17H27N.C10H14.4C2H6.C2H2/c1-3-5-8-15(4-2)13-18-12-11-16-9-6-7-10-17(16)14-18;1-7-5-6-8(2)10(4)9(7)3;5*1-2/h6-7,9-10,15H,3-5,8,11-14H2,1-2H3;5-6,10H,3H2,1-2,4H3;4*1-2H3;1-2H. The molecule has 1 heterocycles. The lowest BCUT2D eigenvalue weighted by Gasteiger charge is -2.31. The molecule has 3 rings (SSSR count). The van der Waals surface area contributed by atoms with Gasteiger partial charge in [-0.25, -0.2) is 0 Å². The molecule has 0 fully saturated rings. The SMILES string of the molecule is C#C.C=C1C(C)=CC=C(C)C1C.CC.CC.CC.CC.CCCCC(CC)CN1CCc2ccccc2C1. The number of benzene rings is 1. The van der Waals surface area contributed by atoms with E-state index in [1.807, 2.05) is 55.4 Å². The summed E-state index contributed by atoms with van der Waals surface area (Å²) < 4.78 is 0. The van der Waals surface area contributed by atoms with E-state index in [1.165, 1.54) is 68.5 Å². The van der Waals surface area contributed by atoms with Gasteiger partial charge in [-0.15, -0.1) is 12.8 Å². The molecule has 0 aromatic heterocycles. The Morgan fingerprint density at radius 3 is 1.89 bits per heavy atom. The van der Waals surface area contributed by atoms with Crippen LogP contribution in [0.2, 0.25) is 0 Å². The predicted octanol–water partition coefficient (Wildman–Crippen LogP) is 11.7. The second-order valence-electron chi connectivity index (χ2n) is 8.68. The van der Waals surface area contributed by atoms with Gasteiger partial charge in [0.2, 0.25) is 0 Å². The third-order valence-corrected chi connectivity index (χ3v) is 6.58. The molecular weight excluding hydrogens is 458 g/mol. The molecule has 1 aliphatic carbocycles. The van der Waals surface area contributed by atoms with Crippen molar-refractivity contribution in [3.8, 4) is 12.8 Å². The van der Waals surface area contributed by atoms with Crippen LogP contribution in [0.25, 0.3) is 0 Å². The van der Waals surface area contributed by atoms with Crippen LogP contribution in [0.1, 0.15) is 127 Å². The molecule has 38 heavy (non-hydrogen) atoms. The van der Waals surface area contributed by atoms with Crippen molar-refractivity contribution in [3.63, 3.8) is 0 Å². The van der Waals surface area contributed by atoms with Crippen LogP contribution in [-0.4, -0.2) is 18.0 Å². The highest BCUT2D eigenvalue weighted by atomic mass is 15.1. The molecule has 0 saturated heterocycles. The van der Waals surface area contributed by atoms with Crippen LogP contribution in [0.5, 0.6) is 0 Å². The maximum Gasteiger partial charge on any atom is 0.0236 e. The highest BCUT2D eigenvalue weighted by molar-refractivity contribution is 5.41. The third-order valence-electron chi connectivity index (χ3n) is 6.58. The monoisotopic (exact) mass is 526 g/mol. The van der Waals surface area contributed by atoms with E-state index in [9.17, 15) is 0 Å². The summed E-state index contributed by atoms with van der Waals surface area (Å²) in [7, 11) is 0. The summed E-state index contributed by atoms with van der Waals surface area (Å²) in [5, 5.41) is 0. The largest absolute Gasteiger partial charge is 0.298 e. The van der Waals surface area contributed by atoms with Crippen molar-refractivity contribution in [1.82, 2.24) is 4.90 Å². The van der Waals surface area contributed by atoms with Crippen molar-refractivity contribution < 1.29 is 0 Å². The molecule has 220 valence electrons. The van der Waals surface area contributed by atoms with Crippen molar-refractivity contribution in [1.29, 1.82) is 0 Å². The fraction of sp³-hybridized carbons (Fsp3) is 0.622. The molecule has 1 aromatic rings. The Morgan fingerprint density at radius 1 is 0.895 bits per heavy atom. The van der Waals surface area contributed by atoms with Gasteiger partial charge in [0.25, 0.3) is 0 Å². The van der Waals surface area contributed by atoms with E-state index in [0.29, 0.717) is 5.92 Å². The van der Waals surface area contributed by atoms with E-state index in [2.05, 4.69) is 95.4 Å². The zero-order chi connectivity index (χ0) is 30.5. The zero-order valence-corrected chi connectivity index (χ0v) is 28.1. The lowest BCUT2D eigenvalue weighted by Crippen LogP contribution is -2.34. The summed E-state index contributed by atoms with van der Waals surface area (Å²) in [6, 6.07) is 8.94. The molecule has 2 unspecified atom stereocenters. The summed E-state index contributed by atoms with van der Waals surface area (Å²) >= 11 is 0. The Balaban J connectivity index is -0.000000246. The molecule has 1 nitrogen and oxygen atoms in total. The molecule has 1 heteroatoms. The Bertz CT molecular complexity index is 732. The first kappa shape index (κ1) is 43.0. The van der Waals surface area contributed by atoms with Gasteiger partial charge in [-0.1, -0.05) is 144 Å². The predicted molar refractivity (Wildman–Crippen MR) is 180 cm³/mol. The van der Waals surface area contributed by atoms with Crippen LogP contribution >= 0.6 is 0 Å². The molecular formula is C37H67N. The quantitative estimate of drug-likeness (QED) is 0.334.